The number of nitrogens with one attached hydrogen (secondary N) is 2. The second kappa shape index (κ2) is 15.9. The van der Waals surface area contributed by atoms with Crippen molar-refractivity contribution in [2.24, 2.45) is 0 Å². The molecule has 11 rings (SSSR count). The van der Waals surface area contributed by atoms with E-state index >= 15 is 0 Å². The fraction of sp³-hybridized carbons (Fsp3) is 0. The lowest BCUT2D eigenvalue weighted by atomic mass is 9.88. The van der Waals surface area contributed by atoms with Crippen LogP contribution < -0.4 is 5.32 Å². The Kier molecular flexibility index (Phi) is 9.49. The lowest BCUT2D eigenvalue weighted by Crippen LogP contribution is -2.20. The summed E-state index contributed by atoms with van der Waals surface area (Å²) in [6.07, 6.45) is 2.19. The highest BCUT2D eigenvalue weighted by Gasteiger charge is 2.24. The minimum Gasteiger partial charge on any atom is -0.354 e. The summed E-state index contributed by atoms with van der Waals surface area (Å²) in [6.45, 7) is 0. The highest BCUT2D eigenvalue weighted by atomic mass is 32.1. The Balaban J connectivity index is 0.969. The normalized spacial score (nSPS) is 13.0. The molecular weight excluding hydrogens is 773 g/mol. The summed E-state index contributed by atoms with van der Waals surface area (Å²) in [4.78, 5) is 10.3. The molecule has 4 nitrogen and oxygen atoms in total. The lowest BCUT2D eigenvalue weighted by Gasteiger charge is -2.26. The molecule has 10 aromatic rings. The van der Waals surface area contributed by atoms with Crippen molar-refractivity contribution < 1.29 is 0 Å². The maximum atomic E-state index is 9.85. The molecule has 3 heterocycles. The van der Waals surface area contributed by atoms with Crippen LogP contribution in [0.4, 0.5) is 0 Å². The van der Waals surface area contributed by atoms with Gasteiger partial charge in [-0.2, -0.15) is 0 Å². The zero-order valence-electron chi connectivity index (χ0n) is 33.6. The van der Waals surface area contributed by atoms with E-state index in [9.17, 15) is 5.41 Å². The number of rotatable bonds is 8. The Hall–Kier alpha value is -7.99. The molecule has 0 saturated heterocycles. The largest absolute Gasteiger partial charge is 0.354 e. The molecule has 2 aromatic heterocycles. The smallest absolute Gasteiger partial charge is 0.160 e. The average molecular weight is 811 g/mol. The average Bonchev–Trinajstić information content (AvgIpc) is 3.74. The van der Waals surface area contributed by atoms with E-state index in [1.807, 2.05) is 65.9 Å². The van der Waals surface area contributed by atoms with E-state index in [0.29, 0.717) is 11.5 Å². The molecule has 0 aliphatic carbocycles. The summed E-state index contributed by atoms with van der Waals surface area (Å²) >= 11 is 1.84. The van der Waals surface area contributed by atoms with Gasteiger partial charge >= 0.3 is 0 Å². The molecule has 0 fully saturated rings. The first-order chi connectivity index (χ1) is 30.6. The van der Waals surface area contributed by atoms with Gasteiger partial charge in [-0.25, -0.2) is 9.97 Å². The maximum absolute atomic E-state index is 9.85. The summed E-state index contributed by atoms with van der Waals surface area (Å²) in [7, 11) is 0. The number of benzene rings is 8. The van der Waals surface area contributed by atoms with Gasteiger partial charge in [0, 0.05) is 59.3 Å². The topological polar surface area (TPSA) is 61.7 Å². The van der Waals surface area contributed by atoms with Crippen LogP contribution in [0.25, 0.3) is 88.2 Å². The third-order valence-electron chi connectivity index (χ3n) is 11.6. The van der Waals surface area contributed by atoms with E-state index in [2.05, 4.69) is 169 Å². The molecule has 0 bridgehead atoms. The Morgan fingerprint density at radius 2 is 1.02 bits per heavy atom. The second-order valence-corrected chi connectivity index (χ2v) is 16.4. The monoisotopic (exact) mass is 810 g/mol. The van der Waals surface area contributed by atoms with Crippen LogP contribution in [0.5, 0.6) is 0 Å². The number of nitrogens with zero attached hydrogens (tertiary/aromatic N) is 2. The minimum absolute atomic E-state index is 0.425. The number of hydrogen-bond acceptors (Lipinski definition) is 5. The molecule has 1 aliphatic rings. The van der Waals surface area contributed by atoms with E-state index in [-0.39, 0.29) is 0 Å². The molecule has 5 heteroatoms. The quantitative estimate of drug-likeness (QED) is 0.150. The lowest BCUT2D eigenvalue weighted by molar-refractivity contribution is 1.18. The van der Waals surface area contributed by atoms with E-state index < -0.39 is 0 Å². The van der Waals surface area contributed by atoms with Crippen molar-refractivity contribution in [1.29, 1.82) is 5.41 Å². The standard InChI is InChI=1S/C57H38N4S/c58-54(53(41-19-8-3-9-20-41)55-45-22-11-10-21-44(45)35-49(59-55)38-15-4-1-5-16-38)42-31-29-40(30-32-42)51-36-50(39-17-6-2-7-18-39)60-57(61-51)43-33-27-37(28-34-43)46-24-14-25-48-47-23-12-13-26-52(47)62-56(46)48/h1-36,58-59H/b55-53-,58-54?. The summed E-state index contributed by atoms with van der Waals surface area (Å²) in [5.74, 6) is 0.658. The Bertz CT molecular complexity index is 3350. The molecule has 0 amide bonds. The molecule has 62 heavy (non-hydrogen) atoms. The van der Waals surface area contributed by atoms with Gasteiger partial charge in [0.1, 0.15) is 0 Å². The Morgan fingerprint density at radius 1 is 0.452 bits per heavy atom. The first kappa shape index (κ1) is 37.0. The predicted octanol–water partition coefficient (Wildman–Crippen LogP) is 14.6. The van der Waals surface area contributed by atoms with Gasteiger partial charge in [0.15, 0.2) is 5.82 Å². The summed E-state index contributed by atoms with van der Waals surface area (Å²) < 4.78 is 2.59. The third kappa shape index (κ3) is 6.90. The van der Waals surface area contributed by atoms with Crippen LogP contribution in [0.3, 0.4) is 0 Å². The van der Waals surface area contributed by atoms with Crippen LogP contribution in [0.2, 0.25) is 0 Å². The van der Waals surface area contributed by atoms with Crippen molar-refractivity contribution >= 4 is 60.3 Å². The van der Waals surface area contributed by atoms with Crippen molar-refractivity contribution in [3.05, 3.63) is 240 Å². The number of hydrogen-bond donors (Lipinski definition) is 2. The van der Waals surface area contributed by atoms with Crippen molar-refractivity contribution in [3.63, 3.8) is 0 Å². The zero-order valence-corrected chi connectivity index (χ0v) is 34.4. The Labute approximate surface area is 364 Å². The molecule has 1 aliphatic heterocycles. The van der Waals surface area contributed by atoms with Crippen molar-refractivity contribution in [1.82, 2.24) is 15.3 Å². The van der Waals surface area contributed by atoms with Crippen molar-refractivity contribution in [2.45, 2.75) is 0 Å². The molecule has 2 N–H and O–H groups in total. The summed E-state index contributed by atoms with van der Waals surface area (Å²) in [6, 6.07) is 73.4. The minimum atomic E-state index is 0.425. The molecule has 292 valence electrons. The van der Waals surface area contributed by atoms with Gasteiger partial charge in [0.05, 0.1) is 22.8 Å². The van der Waals surface area contributed by atoms with E-state index in [1.165, 1.54) is 25.7 Å². The van der Waals surface area contributed by atoms with Gasteiger partial charge < -0.3 is 5.32 Å². The number of fused-ring (bicyclic) bond motifs is 4. The molecular formula is C57H38N4S. The van der Waals surface area contributed by atoms with E-state index in [1.54, 1.807) is 0 Å². The van der Waals surface area contributed by atoms with Crippen LogP contribution in [0, 0.1) is 5.41 Å². The fourth-order valence-corrected chi connectivity index (χ4v) is 9.68. The first-order valence-electron chi connectivity index (χ1n) is 20.7. The van der Waals surface area contributed by atoms with E-state index in [4.69, 9.17) is 9.97 Å². The maximum Gasteiger partial charge on any atom is 0.160 e. The van der Waals surface area contributed by atoms with Crippen molar-refractivity contribution in [2.75, 3.05) is 0 Å². The van der Waals surface area contributed by atoms with Gasteiger partial charge in [-0.15, -0.1) is 11.3 Å². The molecule has 0 unspecified atom stereocenters. The van der Waals surface area contributed by atoms with E-state index in [0.717, 1.165) is 78.4 Å². The molecule has 0 saturated carbocycles. The Morgan fingerprint density at radius 3 is 1.76 bits per heavy atom. The highest BCUT2D eigenvalue weighted by molar-refractivity contribution is 7.26. The van der Waals surface area contributed by atoms with Crippen LogP contribution in [-0.4, -0.2) is 15.7 Å². The van der Waals surface area contributed by atoms with Crippen LogP contribution in [0.15, 0.2) is 212 Å². The fourth-order valence-electron chi connectivity index (χ4n) is 8.44. The van der Waals surface area contributed by atoms with Crippen molar-refractivity contribution in [3.8, 4) is 45.0 Å². The molecule has 0 radical (unpaired) electrons. The van der Waals surface area contributed by atoms with Gasteiger partial charge in [0.2, 0.25) is 0 Å². The zero-order chi connectivity index (χ0) is 41.4. The third-order valence-corrected chi connectivity index (χ3v) is 12.8. The number of aromatic nitrogens is 2. The van der Waals surface area contributed by atoms with Gasteiger partial charge in [-0.05, 0) is 46.0 Å². The first-order valence-corrected chi connectivity index (χ1v) is 21.5. The van der Waals surface area contributed by atoms with Gasteiger partial charge in [-0.1, -0.05) is 200 Å². The summed E-state index contributed by atoms with van der Waals surface area (Å²) in [5, 5.41) is 16.2. The van der Waals surface area contributed by atoms with Gasteiger partial charge in [-0.3, -0.25) is 5.41 Å². The number of allylic oxidation sites excluding steroid dienone is 1. The predicted molar refractivity (Wildman–Crippen MR) is 261 cm³/mol. The van der Waals surface area contributed by atoms with Crippen LogP contribution in [-0.2, 0) is 0 Å². The SMILES string of the molecule is N=C(/C(=C1\NC(c2ccccc2)=Cc2ccccc21)c1ccccc1)c1ccc(-c2cc(-c3ccccc3)nc(-c3ccc(-c4cccc5c4sc4ccccc45)cc3)n2)cc1. The second-order valence-electron chi connectivity index (χ2n) is 15.4. The highest BCUT2D eigenvalue weighted by Crippen LogP contribution is 2.41. The molecule has 0 atom stereocenters. The molecule has 0 spiro atoms. The summed E-state index contributed by atoms with van der Waals surface area (Å²) in [5.41, 5.74) is 15.1. The molecule has 8 aromatic carbocycles. The van der Waals surface area contributed by atoms with Gasteiger partial charge in [0.25, 0.3) is 0 Å². The van der Waals surface area contributed by atoms with Crippen LogP contribution >= 0.6 is 11.3 Å². The van der Waals surface area contributed by atoms with Crippen LogP contribution in [0.1, 0.15) is 27.8 Å². The number of thiophene rings is 1.